The predicted octanol–water partition coefficient (Wildman–Crippen LogP) is 0.644. The molecule has 0 radical (unpaired) electrons. The van der Waals surface area contributed by atoms with Crippen molar-refractivity contribution >= 4 is 18.0 Å². The molecule has 0 spiro atoms. The van der Waals surface area contributed by atoms with Gasteiger partial charge in [-0.15, -0.1) is 0 Å². The van der Waals surface area contributed by atoms with Gasteiger partial charge in [0.25, 0.3) is 0 Å². The van der Waals surface area contributed by atoms with Crippen LogP contribution < -0.4 is 0 Å². The minimum atomic E-state index is -0.963. The molecular weight excluding hydrogens is 252 g/mol. The first-order chi connectivity index (χ1) is 8.83. The SMILES string of the molecule is CCCN(CC(=O)OC)C(=O)N(C)CC(C)C(=O)O. The van der Waals surface area contributed by atoms with Gasteiger partial charge in [0.2, 0.25) is 0 Å². The fraction of sp³-hybridized carbons (Fsp3) is 0.750. The van der Waals surface area contributed by atoms with Crippen molar-refractivity contribution in [3.05, 3.63) is 0 Å². The molecule has 0 aliphatic carbocycles. The Morgan fingerprint density at radius 3 is 2.32 bits per heavy atom. The summed E-state index contributed by atoms with van der Waals surface area (Å²) in [4.78, 5) is 36.7. The Labute approximate surface area is 113 Å². The van der Waals surface area contributed by atoms with E-state index in [1.807, 2.05) is 6.92 Å². The van der Waals surface area contributed by atoms with Gasteiger partial charge in [-0.2, -0.15) is 0 Å². The minimum absolute atomic E-state index is 0.0928. The molecule has 0 heterocycles. The maximum absolute atomic E-state index is 12.1. The fourth-order valence-corrected chi connectivity index (χ4v) is 1.54. The number of ether oxygens (including phenoxy) is 1. The highest BCUT2D eigenvalue weighted by molar-refractivity contribution is 5.81. The lowest BCUT2D eigenvalue weighted by Crippen LogP contribution is -2.46. The summed E-state index contributed by atoms with van der Waals surface area (Å²) < 4.78 is 4.53. The van der Waals surface area contributed by atoms with Crippen LogP contribution in [-0.2, 0) is 14.3 Å². The van der Waals surface area contributed by atoms with E-state index in [9.17, 15) is 14.4 Å². The van der Waals surface area contributed by atoms with Crippen molar-refractivity contribution in [2.24, 2.45) is 5.92 Å². The van der Waals surface area contributed by atoms with Crippen molar-refractivity contribution in [1.29, 1.82) is 0 Å². The summed E-state index contributed by atoms with van der Waals surface area (Å²) in [5, 5.41) is 8.81. The normalized spacial score (nSPS) is 11.6. The van der Waals surface area contributed by atoms with Crippen LogP contribution in [0.15, 0.2) is 0 Å². The first kappa shape index (κ1) is 17.2. The summed E-state index contributed by atoms with van der Waals surface area (Å²) in [7, 11) is 2.77. The number of rotatable bonds is 7. The van der Waals surface area contributed by atoms with Crippen LogP contribution in [0.25, 0.3) is 0 Å². The van der Waals surface area contributed by atoms with Crippen LogP contribution in [0.2, 0.25) is 0 Å². The second kappa shape index (κ2) is 8.34. The third kappa shape index (κ3) is 6.08. The summed E-state index contributed by atoms with van der Waals surface area (Å²) in [5.41, 5.74) is 0. The van der Waals surface area contributed by atoms with Gasteiger partial charge in [0, 0.05) is 20.1 Å². The molecule has 0 aromatic heterocycles. The number of hydrogen-bond donors (Lipinski definition) is 1. The number of carboxylic acid groups (broad SMARTS) is 1. The van der Waals surface area contributed by atoms with Crippen LogP contribution in [-0.4, -0.2) is 66.7 Å². The summed E-state index contributed by atoms with van der Waals surface area (Å²) in [5.74, 6) is -2.12. The van der Waals surface area contributed by atoms with E-state index in [-0.39, 0.29) is 19.1 Å². The van der Waals surface area contributed by atoms with Gasteiger partial charge >= 0.3 is 18.0 Å². The average Bonchev–Trinajstić information content (AvgIpc) is 2.36. The molecular formula is C12H22N2O5. The minimum Gasteiger partial charge on any atom is -0.481 e. The highest BCUT2D eigenvalue weighted by Crippen LogP contribution is 2.04. The Balaban J connectivity index is 4.60. The van der Waals surface area contributed by atoms with Crippen LogP contribution in [0.5, 0.6) is 0 Å². The van der Waals surface area contributed by atoms with E-state index in [4.69, 9.17) is 5.11 Å². The van der Waals surface area contributed by atoms with Crippen LogP contribution >= 0.6 is 0 Å². The zero-order valence-electron chi connectivity index (χ0n) is 11.9. The molecule has 0 fully saturated rings. The second-order valence-corrected chi connectivity index (χ2v) is 4.40. The lowest BCUT2D eigenvalue weighted by atomic mass is 10.2. The Morgan fingerprint density at radius 2 is 1.89 bits per heavy atom. The number of esters is 1. The molecule has 0 aromatic carbocycles. The number of carbonyl (C=O) groups is 3. The lowest BCUT2D eigenvalue weighted by Gasteiger charge is -2.28. The Hall–Kier alpha value is -1.79. The Bertz CT molecular complexity index is 332. The first-order valence-electron chi connectivity index (χ1n) is 6.13. The van der Waals surface area contributed by atoms with Crippen LogP contribution in [0.3, 0.4) is 0 Å². The molecule has 0 saturated carbocycles. The van der Waals surface area contributed by atoms with Gasteiger partial charge < -0.3 is 19.6 Å². The number of hydrogen-bond acceptors (Lipinski definition) is 4. The van der Waals surface area contributed by atoms with Crippen molar-refractivity contribution in [1.82, 2.24) is 9.80 Å². The average molecular weight is 274 g/mol. The fourth-order valence-electron chi connectivity index (χ4n) is 1.54. The number of carboxylic acids is 1. The van der Waals surface area contributed by atoms with Crippen LogP contribution in [0, 0.1) is 5.92 Å². The number of amides is 2. The monoisotopic (exact) mass is 274 g/mol. The molecule has 0 rings (SSSR count). The van der Waals surface area contributed by atoms with Crippen molar-refractivity contribution in [2.75, 3.05) is 33.8 Å². The topological polar surface area (TPSA) is 87.2 Å². The number of methoxy groups -OCH3 is 1. The molecule has 0 aromatic rings. The van der Waals surface area contributed by atoms with E-state index in [2.05, 4.69) is 4.74 Å². The molecule has 0 saturated heterocycles. The zero-order valence-corrected chi connectivity index (χ0v) is 11.9. The van der Waals surface area contributed by atoms with E-state index in [0.717, 1.165) is 0 Å². The molecule has 0 aliphatic rings. The molecule has 7 nitrogen and oxygen atoms in total. The van der Waals surface area contributed by atoms with Gasteiger partial charge in [0.1, 0.15) is 6.54 Å². The largest absolute Gasteiger partial charge is 0.481 e. The Morgan fingerprint density at radius 1 is 1.32 bits per heavy atom. The van der Waals surface area contributed by atoms with Gasteiger partial charge in [0.15, 0.2) is 0 Å². The van der Waals surface area contributed by atoms with E-state index in [1.165, 1.54) is 30.9 Å². The molecule has 0 aliphatic heterocycles. The van der Waals surface area contributed by atoms with E-state index in [0.29, 0.717) is 13.0 Å². The van der Waals surface area contributed by atoms with Gasteiger partial charge in [-0.25, -0.2) is 4.79 Å². The molecule has 7 heteroatoms. The maximum Gasteiger partial charge on any atom is 0.325 e. The number of aliphatic carboxylic acids is 1. The molecule has 2 amide bonds. The van der Waals surface area contributed by atoms with Crippen molar-refractivity contribution in [3.63, 3.8) is 0 Å². The molecule has 0 bridgehead atoms. The standard InChI is InChI=1S/C12H22N2O5/c1-5-6-14(8-10(15)19-4)12(18)13(3)7-9(2)11(16)17/h9H,5-8H2,1-4H3,(H,16,17). The molecule has 1 atom stereocenters. The summed E-state index contributed by atoms with van der Waals surface area (Å²) >= 11 is 0. The molecule has 110 valence electrons. The Kier molecular flexibility index (Phi) is 7.55. The maximum atomic E-state index is 12.1. The first-order valence-corrected chi connectivity index (χ1v) is 6.13. The smallest absolute Gasteiger partial charge is 0.325 e. The van der Waals surface area contributed by atoms with E-state index >= 15 is 0 Å². The van der Waals surface area contributed by atoms with Gasteiger partial charge in [-0.05, 0) is 6.42 Å². The van der Waals surface area contributed by atoms with Crippen molar-refractivity contribution in [3.8, 4) is 0 Å². The number of carbonyl (C=O) groups excluding carboxylic acids is 2. The highest BCUT2D eigenvalue weighted by Gasteiger charge is 2.23. The third-order valence-corrected chi connectivity index (χ3v) is 2.61. The summed E-state index contributed by atoms with van der Waals surface area (Å²) in [6, 6.07) is -0.375. The molecule has 19 heavy (non-hydrogen) atoms. The number of urea groups is 1. The van der Waals surface area contributed by atoms with Gasteiger partial charge in [-0.1, -0.05) is 13.8 Å². The molecule has 1 N–H and O–H groups in total. The van der Waals surface area contributed by atoms with Crippen LogP contribution in [0.1, 0.15) is 20.3 Å². The number of nitrogens with zero attached hydrogens (tertiary/aromatic N) is 2. The van der Waals surface area contributed by atoms with Crippen LogP contribution in [0.4, 0.5) is 4.79 Å². The predicted molar refractivity (Wildman–Crippen MR) is 68.7 cm³/mol. The second-order valence-electron chi connectivity index (χ2n) is 4.40. The van der Waals surface area contributed by atoms with E-state index < -0.39 is 17.9 Å². The van der Waals surface area contributed by atoms with Crippen molar-refractivity contribution in [2.45, 2.75) is 20.3 Å². The highest BCUT2D eigenvalue weighted by atomic mass is 16.5. The zero-order chi connectivity index (χ0) is 15.0. The third-order valence-electron chi connectivity index (χ3n) is 2.61. The summed E-state index contributed by atoms with van der Waals surface area (Å²) in [6.07, 6.45) is 0.699. The quantitative estimate of drug-likeness (QED) is 0.688. The summed E-state index contributed by atoms with van der Waals surface area (Å²) in [6.45, 7) is 3.79. The van der Waals surface area contributed by atoms with Gasteiger partial charge in [-0.3, -0.25) is 9.59 Å². The van der Waals surface area contributed by atoms with Gasteiger partial charge in [0.05, 0.1) is 13.0 Å². The molecule has 1 unspecified atom stereocenters. The van der Waals surface area contributed by atoms with E-state index in [1.54, 1.807) is 0 Å². The lowest BCUT2D eigenvalue weighted by molar-refractivity contribution is -0.142. The van der Waals surface area contributed by atoms with Crippen molar-refractivity contribution < 1.29 is 24.2 Å².